The zero-order chi connectivity index (χ0) is 20.5. The van der Waals surface area contributed by atoms with Crippen molar-refractivity contribution in [2.45, 2.75) is 51.7 Å². The highest BCUT2D eigenvalue weighted by Gasteiger charge is 2.52. The predicted molar refractivity (Wildman–Crippen MR) is 110 cm³/mol. The Hall–Kier alpha value is -2.56. The molecule has 0 N–H and O–H groups in total. The van der Waals surface area contributed by atoms with Crippen LogP contribution in [0.5, 0.6) is 5.75 Å². The van der Waals surface area contributed by atoms with E-state index in [2.05, 4.69) is 13.5 Å². The van der Waals surface area contributed by atoms with Gasteiger partial charge in [-0.2, -0.15) is 0 Å². The van der Waals surface area contributed by atoms with Crippen LogP contribution < -0.4 is 4.74 Å². The van der Waals surface area contributed by atoms with E-state index in [0.29, 0.717) is 30.4 Å². The summed E-state index contributed by atoms with van der Waals surface area (Å²) < 4.78 is 11.9. The van der Waals surface area contributed by atoms with E-state index in [1.807, 2.05) is 31.2 Å². The van der Waals surface area contributed by atoms with Crippen molar-refractivity contribution < 1.29 is 19.1 Å². The highest BCUT2D eigenvalue weighted by atomic mass is 16.5. The molecule has 5 nitrogen and oxygen atoms in total. The molecule has 4 rings (SSSR count). The maximum Gasteiger partial charge on any atom is 0.290 e. The number of rotatable bonds is 6. The zero-order valence-electron chi connectivity index (χ0n) is 17.2. The number of benzene rings is 1. The van der Waals surface area contributed by atoms with Gasteiger partial charge in [-0.05, 0) is 49.3 Å². The third-order valence-corrected chi connectivity index (χ3v) is 6.21. The Morgan fingerprint density at radius 3 is 2.90 bits per heavy atom. The van der Waals surface area contributed by atoms with E-state index < -0.39 is 6.04 Å². The molecule has 0 bridgehead atoms. The van der Waals surface area contributed by atoms with Gasteiger partial charge in [0.1, 0.15) is 18.5 Å². The van der Waals surface area contributed by atoms with E-state index >= 15 is 0 Å². The highest BCUT2D eigenvalue weighted by Crippen LogP contribution is 2.47. The Kier molecular flexibility index (Phi) is 5.48. The SMILES string of the molecule is C=CCOc1cccc(C2C3=C(OC4CCC(C)CC4C3=O)C(=O)N2CCC)c1. The molecule has 4 atom stereocenters. The second kappa shape index (κ2) is 8.05. The lowest BCUT2D eigenvalue weighted by atomic mass is 9.74. The van der Waals surface area contributed by atoms with Gasteiger partial charge in [0.25, 0.3) is 5.91 Å². The standard InChI is InChI=1S/C24H29NO4/c1-4-11-25-21(16-7-6-8-17(14-16)28-12-5-2)20-22(26)18-13-15(3)9-10-19(18)29-23(20)24(25)27/h5-8,14-15,18-19,21H,2,4,9-13H2,1,3H3. The van der Waals surface area contributed by atoms with Crippen LogP contribution in [0.1, 0.15) is 51.1 Å². The van der Waals surface area contributed by atoms with Gasteiger partial charge < -0.3 is 14.4 Å². The summed E-state index contributed by atoms with van der Waals surface area (Å²) in [7, 11) is 0. The Morgan fingerprint density at radius 1 is 1.31 bits per heavy atom. The van der Waals surface area contributed by atoms with Gasteiger partial charge in [-0.3, -0.25) is 9.59 Å². The molecular formula is C24H29NO4. The number of amides is 1. The normalized spacial score (nSPS) is 28.7. The van der Waals surface area contributed by atoms with E-state index in [4.69, 9.17) is 9.47 Å². The summed E-state index contributed by atoms with van der Waals surface area (Å²) in [6, 6.07) is 7.25. The predicted octanol–water partition coefficient (Wildman–Crippen LogP) is 4.20. The number of ketones is 1. The summed E-state index contributed by atoms with van der Waals surface area (Å²) >= 11 is 0. The fourth-order valence-electron chi connectivity index (χ4n) is 4.87. The van der Waals surface area contributed by atoms with Crippen LogP contribution in [-0.2, 0) is 14.3 Å². The number of fused-ring (bicyclic) bond motifs is 1. The lowest BCUT2D eigenvalue weighted by molar-refractivity contribution is -0.136. The fourth-order valence-corrected chi connectivity index (χ4v) is 4.87. The molecule has 0 saturated heterocycles. The summed E-state index contributed by atoms with van der Waals surface area (Å²) in [6.45, 7) is 8.90. The average Bonchev–Trinajstić information content (AvgIpc) is 3.00. The third kappa shape index (κ3) is 3.47. The minimum atomic E-state index is -0.407. The monoisotopic (exact) mass is 395 g/mol. The Balaban J connectivity index is 1.74. The van der Waals surface area contributed by atoms with Crippen molar-refractivity contribution in [3.8, 4) is 5.75 Å². The Labute approximate surface area is 172 Å². The van der Waals surface area contributed by atoms with Crippen LogP contribution in [0.4, 0.5) is 0 Å². The van der Waals surface area contributed by atoms with Gasteiger partial charge in [0, 0.05) is 6.54 Å². The first kappa shape index (κ1) is 19.7. The van der Waals surface area contributed by atoms with Crippen LogP contribution in [0.2, 0.25) is 0 Å². The van der Waals surface area contributed by atoms with Crippen molar-refractivity contribution in [1.82, 2.24) is 4.90 Å². The van der Waals surface area contributed by atoms with E-state index in [9.17, 15) is 9.59 Å². The summed E-state index contributed by atoms with van der Waals surface area (Å²) in [5.74, 6) is 1.28. The maximum atomic E-state index is 13.6. The number of carbonyl (C=O) groups excluding carboxylic acids is 2. The van der Waals surface area contributed by atoms with Crippen molar-refractivity contribution in [3.63, 3.8) is 0 Å². The van der Waals surface area contributed by atoms with E-state index in [1.165, 1.54) is 0 Å². The molecule has 1 aliphatic carbocycles. The quantitative estimate of drug-likeness (QED) is 0.678. The van der Waals surface area contributed by atoms with Crippen LogP contribution in [0.3, 0.4) is 0 Å². The van der Waals surface area contributed by atoms with Crippen LogP contribution in [-0.4, -0.2) is 35.8 Å². The van der Waals surface area contributed by atoms with Gasteiger partial charge in [-0.1, -0.05) is 38.6 Å². The fraction of sp³-hybridized carbons (Fsp3) is 0.500. The zero-order valence-corrected chi connectivity index (χ0v) is 17.2. The molecule has 1 fully saturated rings. The molecule has 4 unspecified atom stereocenters. The van der Waals surface area contributed by atoms with Crippen molar-refractivity contribution in [2.24, 2.45) is 11.8 Å². The van der Waals surface area contributed by atoms with Crippen molar-refractivity contribution in [3.05, 3.63) is 53.8 Å². The highest BCUT2D eigenvalue weighted by molar-refractivity contribution is 6.11. The van der Waals surface area contributed by atoms with E-state index in [0.717, 1.165) is 31.2 Å². The summed E-state index contributed by atoms with van der Waals surface area (Å²) in [5.41, 5.74) is 1.43. The number of nitrogens with zero attached hydrogens (tertiary/aromatic N) is 1. The smallest absolute Gasteiger partial charge is 0.290 e. The van der Waals surface area contributed by atoms with Crippen LogP contribution in [0.25, 0.3) is 0 Å². The molecule has 1 aromatic rings. The molecule has 29 heavy (non-hydrogen) atoms. The van der Waals surface area contributed by atoms with Crippen molar-refractivity contribution in [2.75, 3.05) is 13.2 Å². The summed E-state index contributed by atoms with van der Waals surface area (Å²) in [6.07, 6.45) is 5.05. The maximum absolute atomic E-state index is 13.6. The number of hydrogen-bond donors (Lipinski definition) is 0. The van der Waals surface area contributed by atoms with Crippen molar-refractivity contribution >= 4 is 11.7 Å². The lowest BCUT2D eigenvalue weighted by Crippen LogP contribution is -2.41. The van der Waals surface area contributed by atoms with Gasteiger partial charge in [0.2, 0.25) is 0 Å². The lowest BCUT2D eigenvalue weighted by Gasteiger charge is -2.37. The minimum Gasteiger partial charge on any atom is -0.490 e. The van der Waals surface area contributed by atoms with Crippen molar-refractivity contribution in [1.29, 1.82) is 0 Å². The number of ether oxygens (including phenoxy) is 2. The van der Waals surface area contributed by atoms with Gasteiger partial charge in [-0.15, -0.1) is 0 Å². The largest absolute Gasteiger partial charge is 0.490 e. The van der Waals surface area contributed by atoms with Gasteiger partial charge >= 0.3 is 0 Å². The first-order valence-corrected chi connectivity index (χ1v) is 10.6. The molecule has 1 amide bonds. The first-order valence-electron chi connectivity index (χ1n) is 10.6. The average molecular weight is 395 g/mol. The number of carbonyl (C=O) groups is 2. The molecule has 1 saturated carbocycles. The topological polar surface area (TPSA) is 55.8 Å². The van der Waals surface area contributed by atoms with Gasteiger partial charge in [0.15, 0.2) is 11.5 Å². The molecule has 2 heterocycles. The van der Waals surface area contributed by atoms with Gasteiger partial charge in [0.05, 0.1) is 17.5 Å². The van der Waals surface area contributed by atoms with E-state index in [1.54, 1.807) is 11.0 Å². The molecule has 154 valence electrons. The summed E-state index contributed by atoms with van der Waals surface area (Å²) in [4.78, 5) is 28.6. The first-order chi connectivity index (χ1) is 14.0. The van der Waals surface area contributed by atoms with Crippen LogP contribution in [0.15, 0.2) is 48.3 Å². The minimum absolute atomic E-state index is 0.0946. The Bertz CT molecular complexity index is 858. The second-order valence-electron chi connectivity index (χ2n) is 8.36. The number of hydrogen-bond acceptors (Lipinski definition) is 4. The number of Topliss-reactive ketones (excluding diaryl/α,β-unsaturated/α-hetero) is 1. The van der Waals surface area contributed by atoms with Crippen LogP contribution >= 0.6 is 0 Å². The molecule has 0 aromatic heterocycles. The van der Waals surface area contributed by atoms with E-state index in [-0.39, 0.29) is 29.5 Å². The van der Waals surface area contributed by atoms with Gasteiger partial charge in [-0.25, -0.2) is 0 Å². The molecule has 1 aromatic carbocycles. The molecule has 5 heteroatoms. The second-order valence-corrected chi connectivity index (χ2v) is 8.36. The van der Waals surface area contributed by atoms with Crippen LogP contribution in [0, 0.1) is 11.8 Å². The molecule has 3 aliphatic rings. The third-order valence-electron chi connectivity index (χ3n) is 6.21. The summed E-state index contributed by atoms with van der Waals surface area (Å²) in [5, 5.41) is 0. The molecular weight excluding hydrogens is 366 g/mol. The molecule has 2 aliphatic heterocycles. The Morgan fingerprint density at radius 2 is 2.14 bits per heavy atom. The molecule has 0 spiro atoms. The molecule has 0 radical (unpaired) electrons.